The normalized spacial score (nSPS) is 15.2. The second-order valence-electron chi connectivity index (χ2n) is 5.67. The van der Waals surface area contributed by atoms with Gasteiger partial charge < -0.3 is 10.1 Å². The van der Waals surface area contributed by atoms with Crippen LogP contribution in [-0.2, 0) is 11.3 Å². The number of benzene rings is 2. The van der Waals surface area contributed by atoms with Crippen LogP contribution in [0.4, 0.5) is 5.69 Å². The molecule has 2 aromatic carbocycles. The minimum atomic E-state index is -0.148. The summed E-state index contributed by atoms with van der Waals surface area (Å²) in [5.41, 5.74) is 2.55. The van der Waals surface area contributed by atoms with E-state index >= 15 is 0 Å². The zero-order valence-electron chi connectivity index (χ0n) is 13.1. The first-order chi connectivity index (χ1) is 11.6. The molecule has 1 fully saturated rings. The molecule has 24 heavy (non-hydrogen) atoms. The lowest BCUT2D eigenvalue weighted by Crippen LogP contribution is -2.35. The lowest BCUT2D eigenvalue weighted by atomic mass is 10.1. The number of nitrogens with zero attached hydrogens (tertiary/aromatic N) is 1. The van der Waals surface area contributed by atoms with Gasteiger partial charge in [0.1, 0.15) is 0 Å². The van der Waals surface area contributed by atoms with Crippen LogP contribution in [0.15, 0.2) is 42.5 Å². The van der Waals surface area contributed by atoms with E-state index in [2.05, 4.69) is 38.9 Å². The molecule has 0 aromatic heterocycles. The Balaban J connectivity index is 1.69. The van der Waals surface area contributed by atoms with Gasteiger partial charge in [0.2, 0.25) is 0 Å². The van der Waals surface area contributed by atoms with Crippen molar-refractivity contribution in [2.24, 2.45) is 0 Å². The van der Waals surface area contributed by atoms with E-state index in [4.69, 9.17) is 16.3 Å². The number of nitrogens with one attached hydrogen (secondary N) is 1. The van der Waals surface area contributed by atoms with Crippen molar-refractivity contribution in [1.29, 1.82) is 0 Å². The van der Waals surface area contributed by atoms with Gasteiger partial charge in [-0.1, -0.05) is 23.7 Å². The fourth-order valence-electron chi connectivity index (χ4n) is 2.63. The molecule has 1 aliphatic rings. The topological polar surface area (TPSA) is 41.6 Å². The molecule has 0 radical (unpaired) electrons. The van der Waals surface area contributed by atoms with Crippen LogP contribution >= 0.6 is 34.2 Å². The lowest BCUT2D eigenvalue weighted by molar-refractivity contribution is 0.0342. The summed E-state index contributed by atoms with van der Waals surface area (Å²) >= 11 is 8.14. The first-order valence-electron chi connectivity index (χ1n) is 7.77. The van der Waals surface area contributed by atoms with Crippen LogP contribution in [0.1, 0.15) is 15.9 Å². The molecule has 0 atom stereocenters. The van der Waals surface area contributed by atoms with E-state index in [1.165, 1.54) is 5.56 Å². The fourth-order valence-corrected chi connectivity index (χ4v) is 3.39. The van der Waals surface area contributed by atoms with Crippen LogP contribution in [0, 0.1) is 3.57 Å². The van der Waals surface area contributed by atoms with Crippen molar-refractivity contribution < 1.29 is 9.53 Å². The van der Waals surface area contributed by atoms with E-state index in [-0.39, 0.29) is 5.91 Å². The summed E-state index contributed by atoms with van der Waals surface area (Å²) in [6.07, 6.45) is 0. The summed E-state index contributed by atoms with van der Waals surface area (Å²) < 4.78 is 6.25. The van der Waals surface area contributed by atoms with Crippen molar-refractivity contribution in [3.8, 4) is 0 Å². The van der Waals surface area contributed by atoms with Crippen molar-refractivity contribution >= 4 is 45.8 Å². The third-order valence-corrected chi connectivity index (χ3v) is 5.04. The Labute approximate surface area is 160 Å². The predicted octanol–water partition coefficient (Wildman–Crippen LogP) is 4.03. The Morgan fingerprint density at radius 2 is 2.00 bits per heavy atom. The summed E-state index contributed by atoms with van der Waals surface area (Å²) in [6, 6.07) is 13.3. The van der Waals surface area contributed by atoms with Crippen LogP contribution in [0.3, 0.4) is 0 Å². The summed E-state index contributed by atoms with van der Waals surface area (Å²) in [4.78, 5) is 14.8. The molecule has 0 saturated carbocycles. The van der Waals surface area contributed by atoms with Gasteiger partial charge in [-0.15, -0.1) is 0 Å². The van der Waals surface area contributed by atoms with Crippen molar-refractivity contribution in [2.75, 3.05) is 31.6 Å². The van der Waals surface area contributed by atoms with E-state index in [0.29, 0.717) is 10.6 Å². The van der Waals surface area contributed by atoms with Gasteiger partial charge in [-0.3, -0.25) is 9.69 Å². The highest BCUT2D eigenvalue weighted by molar-refractivity contribution is 14.1. The van der Waals surface area contributed by atoms with Gasteiger partial charge in [-0.25, -0.2) is 0 Å². The van der Waals surface area contributed by atoms with E-state index in [9.17, 15) is 4.79 Å². The SMILES string of the molecule is O=C(Nc1cccc(CN2CCOCC2)c1)c1cc(Cl)ccc1I. The first-order valence-corrected chi connectivity index (χ1v) is 9.23. The quantitative estimate of drug-likeness (QED) is 0.707. The Morgan fingerprint density at radius 3 is 2.79 bits per heavy atom. The molecule has 1 aliphatic heterocycles. The second-order valence-corrected chi connectivity index (χ2v) is 7.27. The van der Waals surface area contributed by atoms with E-state index < -0.39 is 0 Å². The molecular formula is C18H18ClIN2O2. The average Bonchev–Trinajstić information content (AvgIpc) is 2.58. The summed E-state index contributed by atoms with van der Waals surface area (Å²) in [5.74, 6) is -0.148. The number of rotatable bonds is 4. The third-order valence-electron chi connectivity index (χ3n) is 3.87. The number of hydrogen-bond acceptors (Lipinski definition) is 3. The number of hydrogen-bond donors (Lipinski definition) is 1. The maximum Gasteiger partial charge on any atom is 0.256 e. The standard InChI is InChI=1S/C18H18ClIN2O2/c19-14-4-5-17(20)16(11-14)18(23)21-15-3-1-2-13(10-15)12-22-6-8-24-9-7-22/h1-5,10-11H,6-9,12H2,(H,21,23). The highest BCUT2D eigenvalue weighted by Crippen LogP contribution is 2.20. The monoisotopic (exact) mass is 456 g/mol. The van der Waals surface area contributed by atoms with Crippen LogP contribution < -0.4 is 5.32 Å². The Hall–Kier alpha value is -1.15. The smallest absolute Gasteiger partial charge is 0.256 e. The maximum absolute atomic E-state index is 12.5. The molecule has 1 heterocycles. The Morgan fingerprint density at radius 1 is 1.21 bits per heavy atom. The first kappa shape index (κ1) is 17.7. The molecule has 1 saturated heterocycles. The minimum absolute atomic E-state index is 0.148. The second kappa shape index (κ2) is 8.29. The number of carbonyl (C=O) groups excluding carboxylic acids is 1. The highest BCUT2D eigenvalue weighted by Gasteiger charge is 2.13. The Kier molecular flexibility index (Phi) is 6.10. The zero-order valence-corrected chi connectivity index (χ0v) is 16.0. The number of amides is 1. The van der Waals surface area contributed by atoms with Crippen LogP contribution in [0.2, 0.25) is 5.02 Å². The van der Waals surface area contributed by atoms with Crippen molar-refractivity contribution in [3.05, 3.63) is 62.2 Å². The van der Waals surface area contributed by atoms with Gasteiger partial charge in [-0.2, -0.15) is 0 Å². The molecule has 1 N–H and O–H groups in total. The molecule has 0 unspecified atom stereocenters. The Bertz CT molecular complexity index is 733. The molecular weight excluding hydrogens is 439 g/mol. The van der Waals surface area contributed by atoms with Gasteiger partial charge in [0.15, 0.2) is 0 Å². The fraction of sp³-hybridized carbons (Fsp3) is 0.278. The van der Waals surface area contributed by atoms with E-state index in [1.807, 2.05) is 24.3 Å². The van der Waals surface area contributed by atoms with Gasteiger partial charge in [0, 0.05) is 33.9 Å². The molecule has 0 spiro atoms. The van der Waals surface area contributed by atoms with Gasteiger partial charge in [0.25, 0.3) is 5.91 Å². The van der Waals surface area contributed by atoms with E-state index in [1.54, 1.807) is 12.1 Å². The third kappa shape index (κ3) is 4.69. The molecule has 0 bridgehead atoms. The number of morpholine rings is 1. The number of halogens is 2. The highest BCUT2D eigenvalue weighted by atomic mass is 127. The van der Waals surface area contributed by atoms with Crippen LogP contribution in [-0.4, -0.2) is 37.1 Å². The molecule has 4 nitrogen and oxygen atoms in total. The molecule has 6 heteroatoms. The van der Waals surface area contributed by atoms with Crippen molar-refractivity contribution in [3.63, 3.8) is 0 Å². The summed E-state index contributed by atoms with van der Waals surface area (Å²) in [5, 5.41) is 3.52. The van der Waals surface area contributed by atoms with E-state index in [0.717, 1.165) is 42.1 Å². The van der Waals surface area contributed by atoms with Gasteiger partial charge >= 0.3 is 0 Å². The minimum Gasteiger partial charge on any atom is -0.379 e. The molecule has 1 amide bonds. The zero-order chi connectivity index (χ0) is 16.9. The molecule has 0 aliphatic carbocycles. The maximum atomic E-state index is 12.5. The molecule has 2 aromatic rings. The summed E-state index contributed by atoms with van der Waals surface area (Å²) in [7, 11) is 0. The number of carbonyl (C=O) groups is 1. The van der Waals surface area contributed by atoms with Crippen LogP contribution in [0.25, 0.3) is 0 Å². The summed E-state index contributed by atoms with van der Waals surface area (Å²) in [6.45, 7) is 4.31. The average molecular weight is 457 g/mol. The van der Waals surface area contributed by atoms with Crippen molar-refractivity contribution in [1.82, 2.24) is 4.90 Å². The number of ether oxygens (including phenoxy) is 1. The molecule has 126 valence electrons. The van der Waals surface area contributed by atoms with Crippen molar-refractivity contribution in [2.45, 2.75) is 6.54 Å². The van der Waals surface area contributed by atoms with Crippen LogP contribution in [0.5, 0.6) is 0 Å². The lowest BCUT2D eigenvalue weighted by Gasteiger charge is -2.26. The largest absolute Gasteiger partial charge is 0.379 e. The van der Waals surface area contributed by atoms with Gasteiger partial charge in [-0.05, 0) is 58.5 Å². The van der Waals surface area contributed by atoms with Gasteiger partial charge in [0.05, 0.1) is 18.8 Å². The predicted molar refractivity (Wildman–Crippen MR) is 105 cm³/mol. The number of anilines is 1. The molecule has 3 rings (SSSR count).